The lowest BCUT2D eigenvalue weighted by Crippen LogP contribution is -2.32. The fourth-order valence-corrected chi connectivity index (χ4v) is 2.27. The molecule has 4 N–H and O–H groups in total. The number of aryl methyl sites for hydroxylation is 1. The van der Waals surface area contributed by atoms with Gasteiger partial charge in [0.1, 0.15) is 23.8 Å². The minimum absolute atomic E-state index is 0.249. The topological polar surface area (TPSA) is 104 Å². The van der Waals surface area contributed by atoms with Crippen LogP contribution in [0, 0.1) is 6.92 Å². The summed E-state index contributed by atoms with van der Waals surface area (Å²) in [6.07, 6.45) is 3.17. The van der Waals surface area contributed by atoms with Gasteiger partial charge in [-0.05, 0) is 31.2 Å². The third-order valence-electron chi connectivity index (χ3n) is 3.61. The summed E-state index contributed by atoms with van der Waals surface area (Å²) in [5.41, 5.74) is 1.90. The summed E-state index contributed by atoms with van der Waals surface area (Å²) in [5.74, 6) is 2.00. The van der Waals surface area contributed by atoms with Gasteiger partial charge in [0.25, 0.3) is 0 Å². The van der Waals surface area contributed by atoms with E-state index >= 15 is 0 Å². The molecule has 0 saturated heterocycles. The molecule has 8 nitrogen and oxygen atoms in total. The highest BCUT2D eigenvalue weighted by molar-refractivity contribution is 5.89. The smallest absolute Gasteiger partial charge is 0.319 e. The highest BCUT2D eigenvalue weighted by atomic mass is 16.2. The molecule has 8 heteroatoms. The van der Waals surface area contributed by atoms with Crippen molar-refractivity contribution in [1.82, 2.24) is 20.3 Å². The molecule has 0 unspecified atom stereocenters. The van der Waals surface area contributed by atoms with Gasteiger partial charge in [0.15, 0.2) is 0 Å². The van der Waals surface area contributed by atoms with E-state index in [-0.39, 0.29) is 6.03 Å². The number of pyridine rings is 1. The Labute approximate surface area is 157 Å². The minimum atomic E-state index is -0.249. The van der Waals surface area contributed by atoms with Crippen LogP contribution in [-0.4, -0.2) is 34.1 Å². The maximum atomic E-state index is 11.9. The van der Waals surface area contributed by atoms with E-state index in [0.29, 0.717) is 30.5 Å². The first-order valence-corrected chi connectivity index (χ1v) is 8.54. The van der Waals surface area contributed by atoms with Gasteiger partial charge in [0, 0.05) is 31.0 Å². The molecule has 0 aliphatic heterocycles. The van der Waals surface area contributed by atoms with Crippen LogP contribution in [-0.2, 0) is 0 Å². The number of amides is 2. The Morgan fingerprint density at radius 3 is 2.52 bits per heavy atom. The summed E-state index contributed by atoms with van der Waals surface area (Å²) in [6, 6.07) is 14.7. The molecule has 0 radical (unpaired) electrons. The van der Waals surface area contributed by atoms with Gasteiger partial charge in [-0.3, -0.25) is 0 Å². The Morgan fingerprint density at radius 1 is 0.926 bits per heavy atom. The highest BCUT2D eigenvalue weighted by Gasteiger charge is 2.02. The van der Waals surface area contributed by atoms with Crippen LogP contribution in [0.25, 0.3) is 0 Å². The standard InChI is InChI=1S/C19H21N7O/c1-14-5-7-15(8-6-14)25-19(27)22-11-10-21-17-12-18(24-13-23-17)26-16-4-2-3-9-20-16/h2-9,12-13H,10-11H2,1H3,(H2,22,25,27)(H2,20,21,23,24,26). The fraction of sp³-hybridized carbons (Fsp3) is 0.158. The molecule has 0 aliphatic rings. The van der Waals surface area contributed by atoms with Gasteiger partial charge in [-0.1, -0.05) is 23.8 Å². The first-order valence-electron chi connectivity index (χ1n) is 8.54. The number of carbonyl (C=O) groups excluding carboxylic acids is 1. The Kier molecular flexibility index (Phi) is 6.13. The van der Waals surface area contributed by atoms with Gasteiger partial charge >= 0.3 is 6.03 Å². The molecule has 3 rings (SSSR count). The fourth-order valence-electron chi connectivity index (χ4n) is 2.27. The van der Waals surface area contributed by atoms with Crippen molar-refractivity contribution in [2.75, 3.05) is 29.0 Å². The number of nitrogens with zero attached hydrogens (tertiary/aromatic N) is 3. The van der Waals surface area contributed by atoms with E-state index in [2.05, 4.69) is 36.2 Å². The number of benzene rings is 1. The van der Waals surface area contributed by atoms with Crippen LogP contribution < -0.4 is 21.3 Å². The summed E-state index contributed by atoms with van der Waals surface area (Å²) >= 11 is 0. The van der Waals surface area contributed by atoms with E-state index in [1.54, 1.807) is 12.3 Å². The quantitative estimate of drug-likeness (QED) is 0.481. The van der Waals surface area contributed by atoms with E-state index in [1.165, 1.54) is 6.33 Å². The van der Waals surface area contributed by atoms with Gasteiger partial charge in [-0.25, -0.2) is 19.7 Å². The molecule has 2 heterocycles. The van der Waals surface area contributed by atoms with Crippen molar-refractivity contribution in [2.45, 2.75) is 6.92 Å². The molecular formula is C19H21N7O. The third kappa shape index (κ3) is 5.96. The molecule has 2 aromatic heterocycles. The van der Waals surface area contributed by atoms with Crippen LogP contribution in [0.3, 0.4) is 0 Å². The molecule has 0 saturated carbocycles. The first kappa shape index (κ1) is 18.1. The van der Waals surface area contributed by atoms with Crippen molar-refractivity contribution in [3.63, 3.8) is 0 Å². The summed E-state index contributed by atoms with van der Waals surface area (Å²) < 4.78 is 0. The highest BCUT2D eigenvalue weighted by Crippen LogP contribution is 2.13. The summed E-state index contributed by atoms with van der Waals surface area (Å²) in [4.78, 5) is 24.4. The van der Waals surface area contributed by atoms with Crippen LogP contribution >= 0.6 is 0 Å². The Hall–Kier alpha value is -3.68. The molecule has 0 spiro atoms. The zero-order valence-electron chi connectivity index (χ0n) is 14.9. The van der Waals surface area contributed by atoms with Gasteiger partial charge in [-0.15, -0.1) is 0 Å². The maximum absolute atomic E-state index is 11.9. The van der Waals surface area contributed by atoms with Crippen molar-refractivity contribution < 1.29 is 4.79 Å². The molecule has 138 valence electrons. The zero-order valence-corrected chi connectivity index (χ0v) is 14.9. The second-order valence-corrected chi connectivity index (χ2v) is 5.80. The lowest BCUT2D eigenvalue weighted by molar-refractivity contribution is 0.252. The van der Waals surface area contributed by atoms with Crippen molar-refractivity contribution in [3.05, 3.63) is 66.6 Å². The molecule has 2 amide bonds. The zero-order chi connectivity index (χ0) is 18.9. The van der Waals surface area contributed by atoms with E-state index < -0.39 is 0 Å². The SMILES string of the molecule is Cc1ccc(NC(=O)NCCNc2cc(Nc3ccccn3)ncn2)cc1. The molecule has 3 aromatic rings. The Balaban J connectivity index is 1.41. The Bertz CT molecular complexity index is 869. The van der Waals surface area contributed by atoms with Crippen molar-refractivity contribution in [3.8, 4) is 0 Å². The average Bonchev–Trinajstić information content (AvgIpc) is 2.68. The van der Waals surface area contributed by atoms with Gasteiger partial charge in [-0.2, -0.15) is 0 Å². The molecule has 0 aliphatic carbocycles. The second-order valence-electron chi connectivity index (χ2n) is 5.80. The predicted octanol–water partition coefficient (Wildman–Crippen LogP) is 3.16. The van der Waals surface area contributed by atoms with Crippen molar-refractivity contribution in [1.29, 1.82) is 0 Å². The van der Waals surface area contributed by atoms with Crippen molar-refractivity contribution in [2.24, 2.45) is 0 Å². The van der Waals surface area contributed by atoms with Crippen LogP contribution in [0.2, 0.25) is 0 Å². The van der Waals surface area contributed by atoms with E-state index in [4.69, 9.17) is 0 Å². The normalized spacial score (nSPS) is 10.1. The lowest BCUT2D eigenvalue weighted by Gasteiger charge is -2.10. The predicted molar refractivity (Wildman–Crippen MR) is 106 cm³/mol. The number of nitrogens with one attached hydrogen (secondary N) is 4. The monoisotopic (exact) mass is 363 g/mol. The van der Waals surface area contributed by atoms with Crippen molar-refractivity contribution >= 4 is 29.2 Å². The summed E-state index contributed by atoms with van der Waals surface area (Å²) in [6.45, 7) is 2.98. The number of aromatic nitrogens is 3. The molecule has 0 fully saturated rings. The van der Waals surface area contributed by atoms with Crippen LogP contribution in [0.15, 0.2) is 61.1 Å². The number of rotatable bonds is 7. The van der Waals surface area contributed by atoms with Gasteiger partial charge < -0.3 is 21.3 Å². The first-order chi connectivity index (χ1) is 13.2. The van der Waals surface area contributed by atoms with E-state index in [9.17, 15) is 4.79 Å². The lowest BCUT2D eigenvalue weighted by atomic mass is 10.2. The molecule has 0 bridgehead atoms. The van der Waals surface area contributed by atoms with Crippen LogP contribution in [0.4, 0.5) is 27.9 Å². The van der Waals surface area contributed by atoms with E-state index in [1.807, 2.05) is 49.4 Å². The van der Waals surface area contributed by atoms with Gasteiger partial charge in [0.2, 0.25) is 0 Å². The molecule has 27 heavy (non-hydrogen) atoms. The van der Waals surface area contributed by atoms with Crippen LogP contribution in [0.5, 0.6) is 0 Å². The summed E-state index contributed by atoms with van der Waals surface area (Å²) in [5, 5.41) is 11.8. The average molecular weight is 363 g/mol. The number of hydrogen-bond acceptors (Lipinski definition) is 6. The number of hydrogen-bond donors (Lipinski definition) is 4. The number of anilines is 4. The summed E-state index contributed by atoms with van der Waals surface area (Å²) in [7, 11) is 0. The number of urea groups is 1. The van der Waals surface area contributed by atoms with E-state index in [0.717, 1.165) is 11.3 Å². The third-order valence-corrected chi connectivity index (χ3v) is 3.61. The molecule has 0 atom stereocenters. The van der Waals surface area contributed by atoms with Crippen LogP contribution in [0.1, 0.15) is 5.56 Å². The maximum Gasteiger partial charge on any atom is 0.319 e. The minimum Gasteiger partial charge on any atom is -0.368 e. The second kappa shape index (κ2) is 9.14. The largest absolute Gasteiger partial charge is 0.368 e. The molecular weight excluding hydrogens is 342 g/mol. The number of carbonyl (C=O) groups is 1. The molecule has 1 aromatic carbocycles. The van der Waals surface area contributed by atoms with Gasteiger partial charge in [0.05, 0.1) is 0 Å². The Morgan fingerprint density at radius 2 is 1.74 bits per heavy atom.